The van der Waals surface area contributed by atoms with E-state index in [-0.39, 0.29) is 33.3 Å². The number of hydrogen-bond donors (Lipinski definition) is 0. The molecule has 1 unspecified atom stereocenters. The lowest BCUT2D eigenvalue weighted by atomic mass is 10.0. The molecule has 10 heteroatoms. The minimum Gasteiger partial charge on any atom is -0.336 e. The zero-order valence-corrected chi connectivity index (χ0v) is 18.0. The van der Waals surface area contributed by atoms with E-state index in [9.17, 15) is 18.5 Å². The van der Waals surface area contributed by atoms with E-state index in [0.717, 1.165) is 0 Å². The highest BCUT2D eigenvalue weighted by molar-refractivity contribution is 7.89. The number of halogens is 1. The van der Waals surface area contributed by atoms with Gasteiger partial charge in [-0.15, -0.1) is 0 Å². The van der Waals surface area contributed by atoms with Crippen molar-refractivity contribution in [1.82, 2.24) is 14.3 Å². The van der Waals surface area contributed by atoms with Gasteiger partial charge in [-0.25, -0.2) is 8.42 Å². The van der Waals surface area contributed by atoms with Gasteiger partial charge in [-0.1, -0.05) is 29.9 Å². The molecular weight excluding hydrogens is 404 g/mol. The summed E-state index contributed by atoms with van der Waals surface area (Å²) in [6, 6.07) is 6.31. The molecule has 1 heterocycles. The Bertz CT molecular complexity index is 861. The van der Waals surface area contributed by atoms with Crippen molar-refractivity contribution in [3.63, 3.8) is 0 Å². The quantitative estimate of drug-likeness (QED) is 0.641. The molecule has 0 N–H and O–H groups in total. The third kappa shape index (κ3) is 4.64. The maximum absolute atomic E-state index is 12.9. The molecule has 1 aliphatic rings. The standard InChI is InChI=1S/C18H25ClN4O4S/c1-13(2)16(12-20)22-7-9-23(10-8-22)18(24)14-5-6-15(19)17(11-14)28(25,26)21(3)27-4/h5-6,11,13,16H,7-10H2,1-4H3. The minimum absolute atomic E-state index is 0.0130. The molecule has 8 nitrogen and oxygen atoms in total. The third-order valence-electron chi connectivity index (χ3n) is 4.81. The van der Waals surface area contributed by atoms with Crippen LogP contribution in [0.4, 0.5) is 0 Å². The first-order chi connectivity index (χ1) is 13.1. The number of nitrogens with zero attached hydrogens (tertiary/aromatic N) is 4. The molecule has 1 amide bonds. The number of rotatable bonds is 6. The highest BCUT2D eigenvalue weighted by Gasteiger charge is 2.30. The van der Waals surface area contributed by atoms with Crippen molar-refractivity contribution in [3.05, 3.63) is 28.8 Å². The maximum Gasteiger partial charge on any atom is 0.266 e. The summed E-state index contributed by atoms with van der Waals surface area (Å²) in [5.74, 6) is -0.0695. The predicted molar refractivity (Wildman–Crippen MR) is 105 cm³/mol. The number of carbonyl (C=O) groups is 1. The summed E-state index contributed by atoms with van der Waals surface area (Å²) in [5, 5.41) is 9.36. The smallest absolute Gasteiger partial charge is 0.266 e. The molecule has 1 atom stereocenters. The Morgan fingerprint density at radius 2 is 1.89 bits per heavy atom. The van der Waals surface area contributed by atoms with E-state index >= 15 is 0 Å². The van der Waals surface area contributed by atoms with Crippen molar-refractivity contribution < 1.29 is 18.0 Å². The van der Waals surface area contributed by atoms with Crippen LogP contribution in [0, 0.1) is 17.2 Å². The van der Waals surface area contributed by atoms with Crippen molar-refractivity contribution in [3.8, 4) is 6.07 Å². The lowest BCUT2D eigenvalue weighted by molar-refractivity contribution is -0.0258. The van der Waals surface area contributed by atoms with Crippen LogP contribution in [0.3, 0.4) is 0 Å². The molecule has 1 aliphatic heterocycles. The van der Waals surface area contributed by atoms with Crippen LogP contribution in [0.5, 0.6) is 0 Å². The highest BCUT2D eigenvalue weighted by Crippen LogP contribution is 2.26. The Kier molecular flexibility index (Phi) is 7.42. The summed E-state index contributed by atoms with van der Waals surface area (Å²) >= 11 is 6.05. The first kappa shape index (κ1) is 22.6. The number of carbonyl (C=O) groups excluding carboxylic acids is 1. The third-order valence-corrected chi connectivity index (χ3v) is 6.97. The Balaban J connectivity index is 2.19. The summed E-state index contributed by atoms with van der Waals surface area (Å²) in [5.41, 5.74) is 0.238. The van der Waals surface area contributed by atoms with E-state index in [1.807, 2.05) is 13.8 Å². The Morgan fingerprint density at radius 1 is 1.29 bits per heavy atom. The van der Waals surface area contributed by atoms with E-state index in [0.29, 0.717) is 30.6 Å². The average Bonchev–Trinajstić information content (AvgIpc) is 2.67. The second-order valence-corrected chi connectivity index (χ2v) is 9.20. The molecule has 1 aromatic rings. The van der Waals surface area contributed by atoms with Gasteiger partial charge in [0.1, 0.15) is 10.9 Å². The first-order valence-corrected chi connectivity index (χ1v) is 10.7. The molecule has 0 spiro atoms. The number of amides is 1. The van der Waals surface area contributed by atoms with Crippen molar-refractivity contribution in [2.45, 2.75) is 24.8 Å². The summed E-state index contributed by atoms with van der Waals surface area (Å²) in [6.45, 7) is 6.11. The lowest BCUT2D eigenvalue weighted by Gasteiger charge is -2.38. The molecule has 0 radical (unpaired) electrons. The number of piperazine rings is 1. The normalized spacial score (nSPS) is 17.0. The Hall–Kier alpha value is -1.70. The Morgan fingerprint density at radius 3 is 2.39 bits per heavy atom. The molecule has 1 fully saturated rings. The van der Waals surface area contributed by atoms with E-state index in [1.54, 1.807) is 4.90 Å². The van der Waals surface area contributed by atoms with E-state index in [2.05, 4.69) is 11.0 Å². The highest BCUT2D eigenvalue weighted by atomic mass is 35.5. The molecular formula is C18H25ClN4O4S. The van der Waals surface area contributed by atoms with Crippen molar-refractivity contribution >= 4 is 27.5 Å². The minimum atomic E-state index is -3.98. The molecule has 0 bridgehead atoms. The van der Waals surface area contributed by atoms with Crippen molar-refractivity contribution in [2.24, 2.45) is 5.92 Å². The van der Waals surface area contributed by atoms with Crippen LogP contribution >= 0.6 is 11.6 Å². The zero-order valence-electron chi connectivity index (χ0n) is 16.4. The fraction of sp³-hybridized carbons (Fsp3) is 0.556. The first-order valence-electron chi connectivity index (χ1n) is 8.89. The summed E-state index contributed by atoms with van der Waals surface area (Å²) in [6.07, 6.45) is 0. The Labute approximate surface area is 171 Å². The van der Waals surface area contributed by atoms with Crippen molar-refractivity contribution in [1.29, 1.82) is 5.26 Å². The lowest BCUT2D eigenvalue weighted by Crippen LogP contribution is -2.52. The SMILES string of the molecule is CON(C)S(=O)(=O)c1cc(C(=O)N2CCN(C(C#N)C(C)C)CC2)ccc1Cl. The van der Waals surface area contributed by atoms with Gasteiger partial charge in [-0.05, 0) is 24.1 Å². The second-order valence-electron chi connectivity index (χ2n) is 6.89. The van der Waals surface area contributed by atoms with Gasteiger partial charge < -0.3 is 4.90 Å². The molecule has 0 saturated carbocycles. The number of hydrogen-bond acceptors (Lipinski definition) is 6. The van der Waals surface area contributed by atoms with E-state index < -0.39 is 10.0 Å². The zero-order chi connectivity index (χ0) is 21.1. The molecule has 1 aromatic carbocycles. The van der Waals surface area contributed by atoms with Crippen LogP contribution in [0.1, 0.15) is 24.2 Å². The van der Waals surface area contributed by atoms with Crippen LogP contribution in [-0.4, -0.2) is 75.0 Å². The fourth-order valence-corrected chi connectivity index (χ4v) is 4.58. The topological polar surface area (TPSA) is 93.9 Å². The number of benzene rings is 1. The van der Waals surface area contributed by atoms with Crippen LogP contribution in [-0.2, 0) is 14.9 Å². The summed E-state index contributed by atoms with van der Waals surface area (Å²) in [4.78, 5) is 21.2. The van der Waals surface area contributed by atoms with Gasteiger partial charge in [0.05, 0.1) is 18.2 Å². The van der Waals surface area contributed by atoms with Crippen LogP contribution < -0.4 is 0 Å². The van der Waals surface area contributed by atoms with E-state index in [4.69, 9.17) is 16.4 Å². The number of sulfonamides is 1. The molecule has 154 valence electrons. The maximum atomic E-state index is 12.9. The molecule has 2 rings (SSSR count). The number of hydroxylamine groups is 1. The molecule has 0 aliphatic carbocycles. The van der Waals surface area contributed by atoms with Crippen LogP contribution in [0.25, 0.3) is 0 Å². The van der Waals surface area contributed by atoms with Crippen molar-refractivity contribution in [2.75, 3.05) is 40.3 Å². The molecule has 0 aromatic heterocycles. The fourth-order valence-electron chi connectivity index (χ4n) is 3.11. The van der Waals surface area contributed by atoms with E-state index in [1.165, 1.54) is 32.4 Å². The van der Waals surface area contributed by atoms with Gasteiger partial charge in [0.2, 0.25) is 0 Å². The van der Waals surface area contributed by atoms with Gasteiger partial charge in [0, 0.05) is 38.8 Å². The van der Waals surface area contributed by atoms with Gasteiger partial charge in [0.25, 0.3) is 15.9 Å². The van der Waals surface area contributed by atoms with Gasteiger partial charge in [-0.2, -0.15) is 5.26 Å². The van der Waals surface area contributed by atoms with Gasteiger partial charge in [0.15, 0.2) is 0 Å². The van der Waals surface area contributed by atoms with Gasteiger partial charge in [-0.3, -0.25) is 14.5 Å². The summed E-state index contributed by atoms with van der Waals surface area (Å²) < 4.78 is 25.7. The summed E-state index contributed by atoms with van der Waals surface area (Å²) in [7, 11) is -1.50. The van der Waals surface area contributed by atoms with Gasteiger partial charge >= 0.3 is 0 Å². The number of nitriles is 1. The second kappa shape index (κ2) is 9.20. The van der Waals surface area contributed by atoms with Crippen LogP contribution in [0.2, 0.25) is 5.02 Å². The largest absolute Gasteiger partial charge is 0.336 e. The monoisotopic (exact) mass is 428 g/mol. The van der Waals surface area contributed by atoms with Crippen LogP contribution in [0.15, 0.2) is 23.1 Å². The predicted octanol–water partition coefficient (Wildman–Crippen LogP) is 1.83. The molecule has 1 saturated heterocycles. The average molecular weight is 429 g/mol. The molecule has 28 heavy (non-hydrogen) atoms.